The number of carbonyl (C=O) groups is 1. The minimum absolute atomic E-state index is 0.118. The van der Waals surface area contributed by atoms with E-state index in [2.05, 4.69) is 10.3 Å². The molecule has 0 saturated heterocycles. The molecule has 1 amide bonds. The largest absolute Gasteiger partial charge is 0.448 e. The summed E-state index contributed by atoms with van der Waals surface area (Å²) in [6.07, 6.45) is 0.622. The molecule has 0 aliphatic rings. The van der Waals surface area contributed by atoms with E-state index >= 15 is 0 Å². The second kappa shape index (κ2) is 7.32. The van der Waals surface area contributed by atoms with Crippen molar-refractivity contribution in [1.82, 2.24) is 10.3 Å². The molecule has 2 aromatic carbocycles. The summed E-state index contributed by atoms with van der Waals surface area (Å²) in [4.78, 5) is 17.0. The first-order valence-corrected chi connectivity index (χ1v) is 9.47. The van der Waals surface area contributed by atoms with Crippen LogP contribution in [0.25, 0.3) is 22.2 Å². The average molecular weight is 380 g/mol. The highest BCUT2D eigenvalue weighted by Gasteiger charge is 2.19. The lowest BCUT2D eigenvalue weighted by Crippen LogP contribution is -2.25. The quantitative estimate of drug-likeness (QED) is 0.531. The molecule has 0 aliphatic heterocycles. The Balaban J connectivity index is 1.41. The smallest absolute Gasteiger partial charge is 0.287 e. The van der Waals surface area contributed by atoms with Crippen molar-refractivity contribution in [3.05, 3.63) is 76.1 Å². The standard InChI is InChI=1S/C21H17FN2O2S/c1-13-15-8-5-9-16(22)20(15)26-19(13)21(25)23-11-10-18-24-17(12-27-18)14-6-3-2-4-7-14/h2-9,12H,10-11H2,1H3,(H,23,25). The second-order valence-electron chi connectivity index (χ2n) is 6.17. The molecule has 136 valence electrons. The summed E-state index contributed by atoms with van der Waals surface area (Å²) in [5.74, 6) is -0.659. The van der Waals surface area contributed by atoms with Gasteiger partial charge in [0.05, 0.1) is 10.7 Å². The highest BCUT2D eigenvalue weighted by molar-refractivity contribution is 7.09. The van der Waals surface area contributed by atoms with Gasteiger partial charge in [0.15, 0.2) is 17.2 Å². The number of nitrogens with one attached hydrogen (secondary N) is 1. The van der Waals surface area contributed by atoms with Gasteiger partial charge in [-0.3, -0.25) is 4.79 Å². The minimum Gasteiger partial charge on any atom is -0.448 e. The second-order valence-corrected chi connectivity index (χ2v) is 7.11. The van der Waals surface area contributed by atoms with Crippen LogP contribution < -0.4 is 5.32 Å². The summed E-state index contributed by atoms with van der Waals surface area (Å²) in [6, 6.07) is 14.6. The number of aryl methyl sites for hydroxylation is 1. The van der Waals surface area contributed by atoms with Gasteiger partial charge in [0.2, 0.25) is 0 Å². The molecule has 0 fully saturated rings. The number of para-hydroxylation sites is 1. The molecule has 0 radical (unpaired) electrons. The van der Waals surface area contributed by atoms with Crippen LogP contribution in [-0.2, 0) is 6.42 Å². The number of fused-ring (bicyclic) bond motifs is 1. The van der Waals surface area contributed by atoms with Crippen molar-refractivity contribution in [2.24, 2.45) is 0 Å². The molecule has 2 aromatic heterocycles. The SMILES string of the molecule is Cc1c(C(=O)NCCc2nc(-c3ccccc3)cs2)oc2c(F)cccc12. The summed E-state index contributed by atoms with van der Waals surface area (Å²) in [5.41, 5.74) is 2.77. The molecule has 0 unspecified atom stereocenters. The molecule has 0 saturated carbocycles. The maximum absolute atomic E-state index is 13.8. The van der Waals surface area contributed by atoms with E-state index in [1.54, 1.807) is 30.4 Å². The van der Waals surface area contributed by atoms with Crippen molar-refractivity contribution in [2.75, 3.05) is 6.54 Å². The zero-order valence-electron chi connectivity index (χ0n) is 14.7. The summed E-state index contributed by atoms with van der Waals surface area (Å²) in [5, 5.41) is 6.41. The third-order valence-corrected chi connectivity index (χ3v) is 5.28. The lowest BCUT2D eigenvalue weighted by atomic mass is 10.1. The topological polar surface area (TPSA) is 55.1 Å². The number of carbonyl (C=O) groups excluding carboxylic acids is 1. The van der Waals surface area contributed by atoms with Crippen molar-refractivity contribution < 1.29 is 13.6 Å². The number of furan rings is 1. The van der Waals surface area contributed by atoms with Gasteiger partial charge in [0.25, 0.3) is 5.91 Å². The summed E-state index contributed by atoms with van der Waals surface area (Å²) < 4.78 is 19.3. The molecule has 0 atom stereocenters. The van der Waals surface area contributed by atoms with Crippen LogP contribution in [0.15, 0.2) is 58.3 Å². The van der Waals surface area contributed by atoms with Crippen LogP contribution in [0.4, 0.5) is 4.39 Å². The van der Waals surface area contributed by atoms with Crippen LogP contribution in [0.2, 0.25) is 0 Å². The van der Waals surface area contributed by atoms with Gasteiger partial charge in [0.1, 0.15) is 0 Å². The molecular formula is C21H17FN2O2S. The molecule has 0 spiro atoms. The van der Waals surface area contributed by atoms with Gasteiger partial charge in [-0.2, -0.15) is 0 Å². The fourth-order valence-electron chi connectivity index (χ4n) is 2.96. The lowest BCUT2D eigenvalue weighted by Gasteiger charge is -2.02. The number of nitrogens with zero attached hydrogens (tertiary/aromatic N) is 1. The molecule has 4 nitrogen and oxygen atoms in total. The van der Waals surface area contributed by atoms with Gasteiger partial charge < -0.3 is 9.73 Å². The number of halogens is 1. The van der Waals surface area contributed by atoms with Crippen molar-refractivity contribution in [3.8, 4) is 11.3 Å². The highest BCUT2D eigenvalue weighted by atomic mass is 32.1. The van der Waals surface area contributed by atoms with Crippen LogP contribution in [0, 0.1) is 12.7 Å². The number of aromatic nitrogens is 1. The summed E-state index contributed by atoms with van der Waals surface area (Å²) in [7, 11) is 0. The third-order valence-electron chi connectivity index (χ3n) is 4.37. The highest BCUT2D eigenvalue weighted by Crippen LogP contribution is 2.27. The van der Waals surface area contributed by atoms with E-state index in [4.69, 9.17) is 4.42 Å². The Morgan fingerprint density at radius 1 is 1.19 bits per heavy atom. The van der Waals surface area contributed by atoms with E-state index in [1.807, 2.05) is 35.7 Å². The van der Waals surface area contributed by atoms with E-state index in [-0.39, 0.29) is 17.3 Å². The molecule has 0 aliphatic carbocycles. The van der Waals surface area contributed by atoms with Gasteiger partial charge in [-0.1, -0.05) is 42.5 Å². The van der Waals surface area contributed by atoms with Crippen LogP contribution >= 0.6 is 11.3 Å². The number of hydrogen-bond donors (Lipinski definition) is 1. The van der Waals surface area contributed by atoms with E-state index in [0.29, 0.717) is 23.9 Å². The maximum atomic E-state index is 13.8. The van der Waals surface area contributed by atoms with Crippen LogP contribution in [0.5, 0.6) is 0 Å². The van der Waals surface area contributed by atoms with Crippen molar-refractivity contribution in [3.63, 3.8) is 0 Å². The Kier molecular flexibility index (Phi) is 4.73. The van der Waals surface area contributed by atoms with Crippen LogP contribution in [0.3, 0.4) is 0 Å². The molecule has 4 aromatic rings. The molecule has 6 heteroatoms. The van der Waals surface area contributed by atoms with Gasteiger partial charge >= 0.3 is 0 Å². The Morgan fingerprint density at radius 3 is 2.78 bits per heavy atom. The average Bonchev–Trinajstić information content (AvgIpc) is 3.29. The van der Waals surface area contributed by atoms with Gasteiger partial charge in [-0.05, 0) is 13.0 Å². The number of benzene rings is 2. The van der Waals surface area contributed by atoms with Crippen LogP contribution in [0.1, 0.15) is 21.1 Å². The number of amides is 1. The number of rotatable bonds is 5. The number of thiazole rings is 1. The molecular weight excluding hydrogens is 363 g/mol. The fraction of sp³-hybridized carbons (Fsp3) is 0.143. The van der Waals surface area contributed by atoms with Gasteiger partial charge in [-0.25, -0.2) is 9.37 Å². The van der Waals surface area contributed by atoms with E-state index < -0.39 is 5.82 Å². The first-order chi connectivity index (χ1) is 13.1. The lowest BCUT2D eigenvalue weighted by molar-refractivity contribution is 0.0927. The van der Waals surface area contributed by atoms with Gasteiger partial charge in [-0.15, -0.1) is 11.3 Å². The first-order valence-electron chi connectivity index (χ1n) is 8.59. The van der Waals surface area contributed by atoms with E-state index in [1.165, 1.54) is 6.07 Å². The predicted octanol–water partition coefficient (Wildman–Crippen LogP) is 4.98. The van der Waals surface area contributed by atoms with Crippen molar-refractivity contribution in [2.45, 2.75) is 13.3 Å². The first kappa shape index (κ1) is 17.4. The Labute approximate surface area is 159 Å². The van der Waals surface area contributed by atoms with E-state index in [9.17, 15) is 9.18 Å². The van der Waals surface area contributed by atoms with E-state index in [0.717, 1.165) is 16.3 Å². The summed E-state index contributed by atoms with van der Waals surface area (Å²) in [6.45, 7) is 2.19. The summed E-state index contributed by atoms with van der Waals surface area (Å²) >= 11 is 1.57. The third kappa shape index (κ3) is 3.48. The predicted molar refractivity (Wildman–Crippen MR) is 104 cm³/mol. The monoisotopic (exact) mass is 380 g/mol. The van der Waals surface area contributed by atoms with Crippen molar-refractivity contribution in [1.29, 1.82) is 0 Å². The molecule has 2 heterocycles. The molecule has 27 heavy (non-hydrogen) atoms. The number of hydrogen-bond acceptors (Lipinski definition) is 4. The fourth-order valence-corrected chi connectivity index (χ4v) is 3.76. The molecule has 1 N–H and O–H groups in total. The normalized spacial score (nSPS) is 11.0. The maximum Gasteiger partial charge on any atom is 0.287 e. The van der Waals surface area contributed by atoms with Gasteiger partial charge in [0, 0.05) is 34.9 Å². The molecule has 4 rings (SSSR count). The van der Waals surface area contributed by atoms with Crippen molar-refractivity contribution >= 4 is 28.2 Å². The Bertz CT molecular complexity index is 1100. The zero-order valence-corrected chi connectivity index (χ0v) is 15.5. The Hall–Kier alpha value is -2.99. The minimum atomic E-state index is -0.467. The Morgan fingerprint density at radius 2 is 2.00 bits per heavy atom. The molecule has 0 bridgehead atoms. The zero-order chi connectivity index (χ0) is 18.8. The van der Waals surface area contributed by atoms with Crippen LogP contribution in [-0.4, -0.2) is 17.4 Å².